The van der Waals surface area contributed by atoms with E-state index < -0.39 is 83.9 Å². The van der Waals surface area contributed by atoms with Crippen molar-refractivity contribution in [3.8, 4) is 38.0 Å². The topological polar surface area (TPSA) is 311 Å². The normalized spacial score (nSPS) is 19.6. The van der Waals surface area contributed by atoms with Crippen LogP contribution in [-0.4, -0.2) is 153 Å². The summed E-state index contributed by atoms with van der Waals surface area (Å²) in [6, 6.07) is 27.9. The fourth-order valence-corrected chi connectivity index (χ4v) is 16.3. The molecule has 5 aromatic heterocycles. The summed E-state index contributed by atoms with van der Waals surface area (Å²) in [7, 11) is 0. The quantitative estimate of drug-likeness (QED) is 0.0392. The lowest BCUT2D eigenvalue weighted by molar-refractivity contribution is -0.143. The van der Waals surface area contributed by atoms with E-state index in [-0.39, 0.29) is 107 Å². The second kappa shape index (κ2) is 31.6. The predicted molar refractivity (Wildman–Crippen MR) is 389 cm³/mol. The third-order valence-corrected chi connectivity index (χ3v) is 22.1. The number of nitrogens with zero attached hydrogens (tertiary/aromatic N) is 9. The Balaban J connectivity index is 0.689. The first-order valence-electron chi connectivity index (χ1n) is 35.5. The highest BCUT2D eigenvalue weighted by atomic mass is 32.1. The van der Waals surface area contributed by atoms with Gasteiger partial charge in [0, 0.05) is 81.8 Å². The summed E-state index contributed by atoms with van der Waals surface area (Å²) in [6.45, 7) is 17.6. The number of hydrogen-bond donors (Lipinski definition) is 4. The van der Waals surface area contributed by atoms with Gasteiger partial charge < -0.3 is 63.6 Å². The smallest absolute Gasteiger partial charge is 0.255 e. The van der Waals surface area contributed by atoms with E-state index in [4.69, 9.17) is 22.9 Å². The van der Waals surface area contributed by atoms with Gasteiger partial charge >= 0.3 is 0 Å². The lowest BCUT2D eigenvalue weighted by Gasteiger charge is -2.35. The number of aliphatic hydroxyl groups excluding tert-OH is 1. The molecule has 4 N–H and O–H groups in total. The number of hydrogen-bond acceptors (Lipinski definition) is 20. The standard InChI is InChI=1S/C78H86N12O13S2/c1-42(2)67(64-24-45(7)85-102-64)76(96)88-36-58(28-62(88)73(93)81-31-49-12-18-52(19-13-49)70-46(8)83-40-104-70)99-38-55-26-65(103-86-55)68(43(3)4)77(97)89-37-59(29-63(89)74(94)82-32-50-14-20-53(21-15-50)71-47(9)84-41-105-71)101-57-22-23-60-54(25-57)34-90(75(60)95)69(44(5)6)78(98)87-35-56(91)27-61(87)72(92)80-30-48-10-16-51(17-11-48)66-33-79-39-100-66/h10-26,33,39-44,56,58-59,61-63,67-69,91H,27-32,34-38H2,1-9H3,(H,80,92)(H,81,93)(H,82,94)/t56-,58-,59-,61+,62+,63+,67+,68?,69+/m1/s1. The summed E-state index contributed by atoms with van der Waals surface area (Å²) < 4.78 is 30.3. The Morgan fingerprint density at radius 2 is 1.10 bits per heavy atom. The summed E-state index contributed by atoms with van der Waals surface area (Å²) in [6.07, 6.45) is 1.01. The first-order chi connectivity index (χ1) is 50.5. The SMILES string of the molecule is Cc1cc([C@@H](C(=O)N2C[C@H](OCc3cc(C(C(=O)N4C[C@H](Oc5ccc6c(c5)CN([C@H](C(=O)N5C[C@H](O)C[C@H]5C(=O)NCc5ccc(-c7cnco7)cc5)C(C)C)C6=O)C[C@H]4C(=O)NCc4ccc(-c5scnc5C)cc4)C(C)C)on3)C[C@H]2C(=O)NCc2ccc(-c3scnc3C)cc2)C(C)C)on1. The Morgan fingerprint density at radius 1 is 0.590 bits per heavy atom. The molecule has 548 valence electrons. The third kappa shape index (κ3) is 16.1. The minimum absolute atomic E-state index is 0.00444. The molecule has 105 heavy (non-hydrogen) atoms. The number of aliphatic hydroxyl groups is 1. The number of carbonyl (C=O) groups is 7. The number of oxazole rings is 1. The molecule has 0 saturated carbocycles. The van der Waals surface area contributed by atoms with Crippen molar-refractivity contribution in [1.29, 1.82) is 0 Å². The molecule has 9 heterocycles. The molecule has 0 aliphatic carbocycles. The molecule has 9 aromatic rings. The largest absolute Gasteiger partial charge is 0.488 e. The summed E-state index contributed by atoms with van der Waals surface area (Å²) >= 11 is 3.11. The Labute approximate surface area is 616 Å². The molecule has 1 unspecified atom stereocenters. The number of β-amino-alcohol motifs (C(OH)–C–C–N with tert-alkyl or cyclic N) is 1. The zero-order chi connectivity index (χ0) is 73.9. The van der Waals surface area contributed by atoms with E-state index in [1.54, 1.807) is 76.5 Å². The predicted octanol–water partition coefficient (Wildman–Crippen LogP) is 10.1. The molecule has 4 aliphatic rings. The number of aromatic nitrogens is 5. The summed E-state index contributed by atoms with van der Waals surface area (Å²) in [5, 5.41) is 28.5. The molecule has 0 radical (unpaired) electrons. The Morgan fingerprint density at radius 3 is 1.59 bits per heavy atom. The number of rotatable bonds is 26. The number of aryl methyl sites for hydroxylation is 3. The minimum atomic E-state index is -0.995. The molecule has 3 saturated heterocycles. The van der Waals surface area contributed by atoms with Gasteiger partial charge in [0.2, 0.25) is 35.4 Å². The molecule has 3 fully saturated rings. The first-order valence-corrected chi connectivity index (χ1v) is 37.3. The maximum atomic E-state index is 15.4. The van der Waals surface area contributed by atoms with Crippen LogP contribution in [0.25, 0.3) is 32.2 Å². The van der Waals surface area contributed by atoms with Crippen LogP contribution in [0, 0.1) is 38.5 Å². The van der Waals surface area contributed by atoms with Crippen LogP contribution < -0.4 is 20.7 Å². The molecule has 4 aromatic carbocycles. The second-order valence-electron chi connectivity index (χ2n) is 28.7. The fraction of sp³-hybridized carbons (Fsp3) is 0.410. The molecule has 9 atom stereocenters. The molecule has 25 nitrogen and oxygen atoms in total. The first kappa shape index (κ1) is 73.1. The monoisotopic (exact) mass is 1460 g/mol. The van der Waals surface area contributed by atoms with Gasteiger partial charge in [0.1, 0.15) is 65.1 Å². The lowest BCUT2D eigenvalue weighted by Crippen LogP contribution is -2.55. The fourth-order valence-electron chi connectivity index (χ4n) is 14.7. The summed E-state index contributed by atoms with van der Waals surface area (Å²) in [4.78, 5) is 123. The van der Waals surface area contributed by atoms with E-state index in [1.807, 2.05) is 134 Å². The number of carbonyl (C=O) groups excluding carboxylic acids is 7. The second-order valence-corrected chi connectivity index (χ2v) is 30.4. The molecular formula is C78H86N12O13S2. The van der Waals surface area contributed by atoms with Gasteiger partial charge in [-0.3, -0.25) is 33.6 Å². The lowest BCUT2D eigenvalue weighted by atomic mass is 9.91. The van der Waals surface area contributed by atoms with Crippen molar-refractivity contribution in [2.75, 3.05) is 19.6 Å². The minimum Gasteiger partial charge on any atom is -0.488 e. The number of thiazole rings is 2. The van der Waals surface area contributed by atoms with Gasteiger partial charge in [-0.25, -0.2) is 15.0 Å². The Kier molecular flexibility index (Phi) is 22.0. The molecule has 7 amide bonds. The van der Waals surface area contributed by atoms with Crippen LogP contribution in [0.3, 0.4) is 0 Å². The Hall–Kier alpha value is -10.2. The number of fused-ring (bicyclic) bond motifs is 1. The van der Waals surface area contributed by atoms with Gasteiger partial charge in [0.15, 0.2) is 12.2 Å². The maximum Gasteiger partial charge on any atom is 0.255 e. The van der Waals surface area contributed by atoms with Crippen LogP contribution in [-0.2, 0) is 66.3 Å². The summed E-state index contributed by atoms with van der Waals surface area (Å²) in [5.41, 5.74) is 12.8. The van der Waals surface area contributed by atoms with E-state index in [9.17, 15) is 33.9 Å². The van der Waals surface area contributed by atoms with E-state index in [1.165, 1.54) is 21.1 Å². The number of ether oxygens (including phenoxy) is 2. The van der Waals surface area contributed by atoms with Gasteiger partial charge in [-0.15, -0.1) is 22.7 Å². The van der Waals surface area contributed by atoms with Crippen LogP contribution in [0.15, 0.2) is 140 Å². The van der Waals surface area contributed by atoms with Crippen LogP contribution in [0.5, 0.6) is 5.75 Å². The number of likely N-dealkylation sites (tertiary alicyclic amines) is 3. The number of nitrogens with one attached hydrogen (secondary N) is 3. The van der Waals surface area contributed by atoms with Crippen molar-refractivity contribution < 1.29 is 61.6 Å². The van der Waals surface area contributed by atoms with E-state index in [0.29, 0.717) is 39.8 Å². The van der Waals surface area contributed by atoms with Crippen molar-refractivity contribution >= 4 is 64.0 Å². The van der Waals surface area contributed by atoms with E-state index >= 15 is 4.79 Å². The average Bonchev–Trinajstić information content (AvgIpc) is 1.63. The molecule has 27 heteroatoms. The summed E-state index contributed by atoms with van der Waals surface area (Å²) in [5.74, 6) is -3.64. The number of amides is 7. The van der Waals surface area contributed by atoms with Crippen molar-refractivity contribution in [1.82, 2.24) is 60.8 Å². The molecule has 4 aliphatic heterocycles. The van der Waals surface area contributed by atoms with Crippen molar-refractivity contribution in [2.45, 2.75) is 169 Å². The molecule has 0 spiro atoms. The van der Waals surface area contributed by atoms with Crippen LogP contribution >= 0.6 is 22.7 Å². The van der Waals surface area contributed by atoms with Crippen LogP contribution in [0.2, 0.25) is 0 Å². The van der Waals surface area contributed by atoms with E-state index in [0.717, 1.165) is 54.5 Å². The maximum absolute atomic E-state index is 15.4. The highest BCUT2D eigenvalue weighted by Crippen LogP contribution is 2.38. The zero-order valence-corrected chi connectivity index (χ0v) is 61.7. The van der Waals surface area contributed by atoms with Gasteiger partial charge in [-0.2, -0.15) is 0 Å². The van der Waals surface area contributed by atoms with E-state index in [2.05, 4.69) is 41.2 Å². The van der Waals surface area contributed by atoms with Gasteiger partial charge in [-0.1, -0.05) is 125 Å². The Bertz CT molecular complexity index is 4610. The van der Waals surface area contributed by atoms with Crippen LogP contribution in [0.1, 0.15) is 140 Å². The third-order valence-electron chi connectivity index (χ3n) is 20.2. The molecular weight excluding hydrogens is 1380 g/mol. The highest BCUT2D eigenvalue weighted by molar-refractivity contribution is 7.13. The molecule has 13 rings (SSSR count). The van der Waals surface area contributed by atoms with Crippen molar-refractivity contribution in [2.24, 2.45) is 17.8 Å². The highest BCUT2D eigenvalue weighted by Gasteiger charge is 2.49. The van der Waals surface area contributed by atoms with Crippen LogP contribution in [0.4, 0.5) is 0 Å². The van der Waals surface area contributed by atoms with Gasteiger partial charge in [0.25, 0.3) is 5.91 Å². The average molecular weight is 1460 g/mol. The van der Waals surface area contributed by atoms with Gasteiger partial charge in [0.05, 0.1) is 69.4 Å². The van der Waals surface area contributed by atoms with Crippen molar-refractivity contribution in [3.05, 3.63) is 189 Å². The number of benzene rings is 4. The molecule has 0 bridgehead atoms. The van der Waals surface area contributed by atoms with Crippen molar-refractivity contribution in [3.63, 3.8) is 0 Å². The zero-order valence-electron chi connectivity index (χ0n) is 60.0. The van der Waals surface area contributed by atoms with Gasteiger partial charge in [-0.05, 0) is 90.1 Å².